The van der Waals surface area contributed by atoms with Crippen molar-refractivity contribution in [1.82, 2.24) is 5.32 Å². The zero-order chi connectivity index (χ0) is 66.1. The minimum Gasteiger partial charge on any atom is -0.394 e. The maximum absolute atomic E-state index is 13.3. The van der Waals surface area contributed by atoms with Gasteiger partial charge in [0.1, 0.15) is 73.2 Å². The SMILES string of the molecule is CC/C=C\C/C=C\C/C=C\C/C=C\C/C=C\C/C=C\C/C=C\CCCCCCCCCCCCCCCCCCCC(=O)NC(COC1OC(CO)C(OC2OC(CO)C(OC3OC(CO)C(O)C(O)C3O)C(O)C2O)C(O)C1O)C(O)/C=C/CC/C=C/CCC. The van der Waals surface area contributed by atoms with Crippen LogP contribution in [0.3, 0.4) is 0 Å². The molecule has 3 fully saturated rings. The highest BCUT2D eigenvalue weighted by molar-refractivity contribution is 5.76. The minimum absolute atomic E-state index is 0.230. The van der Waals surface area contributed by atoms with Crippen LogP contribution in [0.1, 0.15) is 206 Å². The average Bonchev–Trinajstić information content (AvgIpc) is 1.40. The first-order valence-electron chi connectivity index (χ1n) is 34.6. The number of allylic oxidation sites excluding steroid dienone is 17. The molecule has 17 unspecified atom stereocenters. The van der Waals surface area contributed by atoms with E-state index in [4.69, 9.17) is 28.4 Å². The van der Waals surface area contributed by atoms with Gasteiger partial charge in [0.05, 0.1) is 38.6 Å². The summed E-state index contributed by atoms with van der Waals surface area (Å²) in [6.45, 7) is 1.45. The fraction of sp³-hybridized carbons (Fsp3) is 0.736. The molecule has 17 atom stereocenters. The van der Waals surface area contributed by atoms with Crippen LogP contribution < -0.4 is 5.32 Å². The smallest absolute Gasteiger partial charge is 0.220 e. The molecule has 3 rings (SSSR count). The topological polar surface area (TPSA) is 307 Å². The Bertz CT molecular complexity index is 2070. The molecule has 3 saturated heterocycles. The number of ether oxygens (including phenoxy) is 6. The van der Waals surface area contributed by atoms with Gasteiger partial charge in [0.15, 0.2) is 18.9 Å². The van der Waals surface area contributed by atoms with Crippen molar-refractivity contribution >= 4 is 5.91 Å². The zero-order valence-corrected chi connectivity index (χ0v) is 55.0. The molecule has 91 heavy (non-hydrogen) atoms. The number of hydrogen-bond acceptors (Lipinski definition) is 18. The Hall–Kier alpha value is -3.55. The van der Waals surface area contributed by atoms with Crippen LogP contribution in [0.15, 0.2) is 109 Å². The van der Waals surface area contributed by atoms with Gasteiger partial charge in [0.25, 0.3) is 0 Å². The van der Waals surface area contributed by atoms with Crippen molar-refractivity contribution in [3.63, 3.8) is 0 Å². The van der Waals surface area contributed by atoms with E-state index in [0.29, 0.717) is 12.8 Å². The molecule has 12 N–H and O–H groups in total. The molecule has 0 bridgehead atoms. The lowest BCUT2D eigenvalue weighted by Crippen LogP contribution is -2.66. The Morgan fingerprint density at radius 2 is 0.769 bits per heavy atom. The molecule has 19 nitrogen and oxygen atoms in total. The summed E-state index contributed by atoms with van der Waals surface area (Å²) in [5.41, 5.74) is 0. The van der Waals surface area contributed by atoms with Crippen LogP contribution in [0.25, 0.3) is 0 Å². The second kappa shape index (κ2) is 52.7. The first-order valence-corrected chi connectivity index (χ1v) is 34.6. The maximum Gasteiger partial charge on any atom is 0.220 e. The van der Waals surface area contributed by atoms with E-state index in [-0.39, 0.29) is 18.9 Å². The molecule has 0 aromatic carbocycles. The molecule has 0 aromatic heterocycles. The van der Waals surface area contributed by atoms with Gasteiger partial charge in [-0.2, -0.15) is 0 Å². The molecule has 0 saturated carbocycles. The van der Waals surface area contributed by atoms with Gasteiger partial charge in [0.2, 0.25) is 5.91 Å². The molecular weight excluding hydrogens is 1170 g/mol. The van der Waals surface area contributed by atoms with Crippen molar-refractivity contribution in [2.45, 2.75) is 311 Å². The van der Waals surface area contributed by atoms with Crippen LogP contribution in [-0.2, 0) is 33.2 Å². The Morgan fingerprint density at radius 3 is 1.22 bits per heavy atom. The van der Waals surface area contributed by atoms with Crippen LogP contribution in [0, 0.1) is 0 Å². The molecule has 522 valence electrons. The van der Waals surface area contributed by atoms with Crippen LogP contribution in [0.4, 0.5) is 0 Å². The summed E-state index contributed by atoms with van der Waals surface area (Å²) in [5, 5.41) is 120. The Labute approximate surface area is 545 Å². The zero-order valence-electron chi connectivity index (χ0n) is 55.0. The molecule has 3 aliphatic heterocycles. The van der Waals surface area contributed by atoms with Crippen molar-refractivity contribution in [3.8, 4) is 0 Å². The summed E-state index contributed by atoms with van der Waals surface area (Å²) in [6, 6.07) is -0.991. The molecule has 3 heterocycles. The van der Waals surface area contributed by atoms with E-state index in [1.54, 1.807) is 6.08 Å². The summed E-state index contributed by atoms with van der Waals surface area (Å²) in [4.78, 5) is 13.3. The molecular formula is C72H121NO18. The second-order valence-corrected chi connectivity index (χ2v) is 24.2. The van der Waals surface area contributed by atoms with Crippen molar-refractivity contribution < 1.29 is 89.4 Å². The Balaban J connectivity index is 1.26. The summed E-state index contributed by atoms with van der Waals surface area (Å²) in [5.74, 6) is -0.294. The predicted octanol–water partition coefficient (Wildman–Crippen LogP) is 9.05. The van der Waals surface area contributed by atoms with Gasteiger partial charge in [-0.25, -0.2) is 0 Å². The van der Waals surface area contributed by atoms with Gasteiger partial charge >= 0.3 is 0 Å². The third-order valence-corrected chi connectivity index (χ3v) is 16.5. The summed E-state index contributed by atoms with van der Waals surface area (Å²) < 4.78 is 34.1. The standard InChI is InChI=1S/C72H121NO18/c1-3-5-7-9-11-12-13-14-15-16-17-18-19-20-21-22-23-24-25-26-27-28-29-30-31-32-33-34-35-36-37-38-39-40-41-42-44-46-48-50-60(78)73-55(56(77)49-47-45-43-10-8-6-4-2)54-86-70-66(84)63(81)68(58(52-75)88-70)91-72-67(85)64(82)69(59(53-76)89-72)90-71-65(83)62(80)61(79)57(51-74)87-71/h5,7-8,10-12,14-15,17-18,20-21,23-24,26-27,47,49,55-59,61-72,74-77,79-85H,3-4,6,9,13,16,19,22,25,28-46,48,50-54H2,1-2H3,(H,73,78)/b7-5-,10-8+,12-11-,15-14-,18-17-,21-20-,24-23-,27-26-,49-47+. The number of unbranched alkanes of at least 4 members (excludes halogenated alkanes) is 19. The number of carbonyl (C=O) groups excluding carboxylic acids is 1. The van der Waals surface area contributed by atoms with E-state index in [2.05, 4.69) is 116 Å². The van der Waals surface area contributed by atoms with Gasteiger partial charge in [-0.3, -0.25) is 4.79 Å². The molecule has 0 aliphatic carbocycles. The number of carbonyl (C=O) groups is 1. The van der Waals surface area contributed by atoms with Crippen LogP contribution in [0.2, 0.25) is 0 Å². The molecule has 0 spiro atoms. The molecule has 19 heteroatoms. The highest BCUT2D eigenvalue weighted by Crippen LogP contribution is 2.33. The lowest BCUT2D eigenvalue weighted by Gasteiger charge is -2.48. The lowest BCUT2D eigenvalue weighted by molar-refractivity contribution is -0.379. The fourth-order valence-corrected chi connectivity index (χ4v) is 11.0. The lowest BCUT2D eigenvalue weighted by atomic mass is 9.96. The number of aliphatic hydroxyl groups excluding tert-OH is 11. The van der Waals surface area contributed by atoms with Crippen LogP contribution in [0.5, 0.6) is 0 Å². The number of rotatable bonds is 51. The minimum atomic E-state index is -1.98. The predicted molar refractivity (Wildman–Crippen MR) is 355 cm³/mol. The first-order chi connectivity index (χ1) is 44.3. The monoisotopic (exact) mass is 1290 g/mol. The van der Waals surface area contributed by atoms with Gasteiger partial charge in [-0.1, -0.05) is 226 Å². The summed E-state index contributed by atoms with van der Waals surface area (Å²) in [7, 11) is 0. The van der Waals surface area contributed by atoms with Crippen LogP contribution in [-0.4, -0.2) is 193 Å². The van der Waals surface area contributed by atoms with Gasteiger partial charge in [-0.15, -0.1) is 0 Å². The molecule has 0 radical (unpaired) electrons. The second-order valence-electron chi connectivity index (χ2n) is 24.2. The van der Waals surface area contributed by atoms with E-state index >= 15 is 0 Å². The maximum atomic E-state index is 13.3. The van der Waals surface area contributed by atoms with Crippen LogP contribution >= 0.6 is 0 Å². The highest BCUT2D eigenvalue weighted by Gasteiger charge is 2.53. The van der Waals surface area contributed by atoms with Gasteiger partial charge in [0, 0.05) is 6.42 Å². The number of nitrogens with one attached hydrogen (secondary N) is 1. The largest absolute Gasteiger partial charge is 0.394 e. The highest BCUT2D eigenvalue weighted by atomic mass is 16.8. The van der Waals surface area contributed by atoms with Gasteiger partial charge < -0.3 is 89.9 Å². The molecule has 3 aliphatic rings. The van der Waals surface area contributed by atoms with E-state index in [0.717, 1.165) is 83.5 Å². The third-order valence-electron chi connectivity index (χ3n) is 16.5. The van der Waals surface area contributed by atoms with E-state index in [1.165, 1.54) is 89.9 Å². The van der Waals surface area contributed by atoms with E-state index in [1.807, 2.05) is 6.08 Å². The Morgan fingerprint density at radius 1 is 0.407 bits per heavy atom. The Kier molecular flexibility index (Phi) is 47.3. The van der Waals surface area contributed by atoms with Crippen molar-refractivity contribution in [3.05, 3.63) is 109 Å². The van der Waals surface area contributed by atoms with Crippen molar-refractivity contribution in [2.75, 3.05) is 26.4 Å². The quantitative estimate of drug-likeness (QED) is 0.0200. The first kappa shape index (κ1) is 81.7. The number of aliphatic hydroxyl groups is 11. The summed E-state index contributed by atoms with van der Waals surface area (Å²) >= 11 is 0. The summed E-state index contributed by atoms with van der Waals surface area (Å²) in [6.07, 6.45) is 44.4. The fourth-order valence-electron chi connectivity index (χ4n) is 11.0. The molecule has 1 amide bonds. The average molecular weight is 1290 g/mol. The number of hydrogen-bond donors (Lipinski definition) is 12. The van der Waals surface area contributed by atoms with Gasteiger partial charge in [-0.05, 0) is 83.5 Å². The number of amides is 1. The third kappa shape index (κ3) is 34.6. The van der Waals surface area contributed by atoms with Crippen molar-refractivity contribution in [1.29, 1.82) is 0 Å². The normalized spacial score (nSPS) is 28.6. The van der Waals surface area contributed by atoms with E-state index < -0.39 is 124 Å². The molecule has 0 aromatic rings. The van der Waals surface area contributed by atoms with Crippen molar-refractivity contribution in [2.24, 2.45) is 0 Å². The van der Waals surface area contributed by atoms with E-state index in [9.17, 15) is 61.0 Å².